The van der Waals surface area contributed by atoms with E-state index in [9.17, 15) is 21.6 Å². The predicted molar refractivity (Wildman–Crippen MR) is 97.0 cm³/mol. The van der Waals surface area contributed by atoms with Crippen molar-refractivity contribution in [2.45, 2.75) is 4.90 Å². The number of sulfonamides is 1. The summed E-state index contributed by atoms with van der Waals surface area (Å²) >= 11 is 0. The minimum atomic E-state index is -4.21. The molecule has 4 nitrogen and oxygen atoms in total. The lowest BCUT2D eigenvalue weighted by atomic mass is 10.2. The van der Waals surface area contributed by atoms with Crippen molar-refractivity contribution in [2.75, 3.05) is 32.7 Å². The summed E-state index contributed by atoms with van der Waals surface area (Å²) in [7, 11) is -4.21. The molecule has 2 aromatic rings. The van der Waals surface area contributed by atoms with Crippen molar-refractivity contribution in [3.63, 3.8) is 0 Å². The summed E-state index contributed by atoms with van der Waals surface area (Å²) in [5.41, 5.74) is 1.08. The van der Waals surface area contributed by atoms with E-state index in [1.807, 2.05) is 42.5 Å². The molecule has 1 fully saturated rings. The zero-order valence-electron chi connectivity index (χ0n) is 14.5. The Morgan fingerprint density at radius 1 is 0.889 bits per heavy atom. The van der Waals surface area contributed by atoms with Gasteiger partial charge in [0.05, 0.1) is 0 Å². The molecule has 3 rings (SSSR count). The zero-order valence-corrected chi connectivity index (χ0v) is 15.3. The Morgan fingerprint density at radius 3 is 2.22 bits per heavy atom. The molecule has 0 spiro atoms. The van der Waals surface area contributed by atoms with Crippen molar-refractivity contribution < 1.29 is 21.6 Å². The van der Waals surface area contributed by atoms with Crippen molar-refractivity contribution in [3.05, 3.63) is 71.6 Å². The first-order valence-corrected chi connectivity index (χ1v) is 9.91. The molecule has 0 amide bonds. The van der Waals surface area contributed by atoms with Crippen LogP contribution in [0.3, 0.4) is 0 Å². The highest BCUT2D eigenvalue weighted by atomic mass is 32.2. The third kappa shape index (κ3) is 4.40. The highest BCUT2D eigenvalue weighted by Gasteiger charge is 2.32. The Bertz CT molecular complexity index is 925. The van der Waals surface area contributed by atoms with E-state index in [2.05, 4.69) is 4.90 Å². The molecule has 1 heterocycles. The highest BCUT2D eigenvalue weighted by molar-refractivity contribution is 7.89. The van der Waals surface area contributed by atoms with E-state index in [4.69, 9.17) is 0 Å². The Morgan fingerprint density at radius 2 is 1.56 bits per heavy atom. The van der Waals surface area contributed by atoms with Gasteiger partial charge in [0.2, 0.25) is 10.0 Å². The van der Waals surface area contributed by atoms with Crippen molar-refractivity contribution >= 4 is 16.1 Å². The van der Waals surface area contributed by atoms with Gasteiger partial charge in [0.15, 0.2) is 17.5 Å². The van der Waals surface area contributed by atoms with Gasteiger partial charge in [0.1, 0.15) is 4.90 Å². The first-order valence-electron chi connectivity index (χ1n) is 8.47. The van der Waals surface area contributed by atoms with Crippen molar-refractivity contribution in [2.24, 2.45) is 0 Å². The number of hydrogen-bond acceptors (Lipinski definition) is 3. The number of piperazine rings is 1. The van der Waals surface area contributed by atoms with E-state index in [-0.39, 0.29) is 13.1 Å². The molecule has 1 aliphatic heterocycles. The van der Waals surface area contributed by atoms with Crippen LogP contribution in [0, 0.1) is 17.5 Å². The number of rotatable bonds is 5. The van der Waals surface area contributed by atoms with E-state index in [1.165, 1.54) is 0 Å². The maximum Gasteiger partial charge on any atom is 0.246 e. The van der Waals surface area contributed by atoms with Crippen LogP contribution in [0.4, 0.5) is 13.2 Å². The minimum absolute atomic E-state index is 0.153. The summed E-state index contributed by atoms with van der Waals surface area (Å²) in [5, 5.41) is 0. The van der Waals surface area contributed by atoms with E-state index in [0.29, 0.717) is 25.7 Å². The third-order valence-corrected chi connectivity index (χ3v) is 6.34. The third-order valence-electron chi connectivity index (χ3n) is 4.42. The van der Waals surface area contributed by atoms with Crippen LogP contribution in [0.2, 0.25) is 0 Å². The lowest BCUT2D eigenvalue weighted by molar-refractivity contribution is 0.204. The molecule has 8 heteroatoms. The van der Waals surface area contributed by atoms with Crippen molar-refractivity contribution in [3.8, 4) is 0 Å². The molecule has 0 unspecified atom stereocenters. The molecule has 144 valence electrons. The van der Waals surface area contributed by atoms with Crippen molar-refractivity contribution in [1.29, 1.82) is 0 Å². The smallest absolute Gasteiger partial charge is 0.246 e. The fourth-order valence-corrected chi connectivity index (χ4v) is 4.38. The molecule has 0 atom stereocenters. The largest absolute Gasteiger partial charge is 0.297 e. The van der Waals surface area contributed by atoms with Gasteiger partial charge < -0.3 is 0 Å². The maximum atomic E-state index is 13.9. The van der Waals surface area contributed by atoms with E-state index in [1.54, 1.807) is 0 Å². The van der Waals surface area contributed by atoms with Crippen LogP contribution in [-0.2, 0) is 10.0 Å². The predicted octanol–water partition coefficient (Wildman–Crippen LogP) is 3.12. The van der Waals surface area contributed by atoms with Gasteiger partial charge in [-0.05, 0) is 17.7 Å². The van der Waals surface area contributed by atoms with Crippen LogP contribution < -0.4 is 0 Å². The Labute approximate surface area is 156 Å². The summed E-state index contributed by atoms with van der Waals surface area (Å²) in [4.78, 5) is 1.23. The average Bonchev–Trinajstić information content (AvgIpc) is 2.67. The van der Waals surface area contributed by atoms with Crippen LogP contribution in [0.5, 0.6) is 0 Å². The maximum absolute atomic E-state index is 13.9. The SMILES string of the molecule is O=S(=O)(c1ccc(F)c(F)c1F)N1CCN(C/C=C\c2ccccc2)CC1. The van der Waals surface area contributed by atoms with Gasteiger partial charge in [-0.15, -0.1) is 0 Å². The first kappa shape index (κ1) is 19.6. The average molecular weight is 396 g/mol. The molecule has 1 aliphatic rings. The van der Waals surface area contributed by atoms with Crippen LogP contribution in [0.1, 0.15) is 5.56 Å². The second-order valence-electron chi connectivity index (χ2n) is 6.19. The normalized spacial score (nSPS) is 16.9. The van der Waals surface area contributed by atoms with Gasteiger partial charge in [-0.2, -0.15) is 4.31 Å². The summed E-state index contributed by atoms with van der Waals surface area (Å²) in [5.74, 6) is -4.87. The summed E-state index contributed by atoms with van der Waals surface area (Å²) in [6, 6.07) is 11.2. The van der Waals surface area contributed by atoms with Crippen LogP contribution in [0.15, 0.2) is 53.4 Å². The lowest BCUT2D eigenvalue weighted by Crippen LogP contribution is -2.48. The minimum Gasteiger partial charge on any atom is -0.297 e. The fraction of sp³-hybridized carbons (Fsp3) is 0.263. The van der Waals surface area contributed by atoms with E-state index >= 15 is 0 Å². The lowest BCUT2D eigenvalue weighted by Gasteiger charge is -2.33. The monoisotopic (exact) mass is 396 g/mol. The Kier molecular flexibility index (Phi) is 5.98. The van der Waals surface area contributed by atoms with Crippen molar-refractivity contribution in [1.82, 2.24) is 9.21 Å². The second kappa shape index (κ2) is 8.24. The zero-order chi connectivity index (χ0) is 19.4. The summed E-state index contributed by atoms with van der Waals surface area (Å²) in [6.07, 6.45) is 3.98. The standard InChI is InChI=1S/C19H19F3N2O2S/c20-16-8-9-17(19(22)18(16)21)27(25,26)24-13-11-23(12-14-24)10-4-7-15-5-2-1-3-6-15/h1-9H,10-14H2/b7-4-. The summed E-state index contributed by atoms with van der Waals surface area (Å²) < 4.78 is 66.5. The molecular formula is C19H19F3N2O2S. The molecule has 27 heavy (non-hydrogen) atoms. The van der Waals surface area contributed by atoms with Gasteiger partial charge in [0.25, 0.3) is 0 Å². The number of hydrogen-bond donors (Lipinski definition) is 0. The second-order valence-corrected chi connectivity index (χ2v) is 8.10. The van der Waals surface area contributed by atoms with E-state index in [0.717, 1.165) is 15.9 Å². The molecule has 0 saturated carbocycles. The highest BCUT2D eigenvalue weighted by Crippen LogP contribution is 2.24. The molecular weight excluding hydrogens is 377 g/mol. The molecule has 0 aliphatic carbocycles. The number of benzene rings is 2. The van der Waals surface area contributed by atoms with Gasteiger partial charge >= 0.3 is 0 Å². The molecule has 2 aromatic carbocycles. The summed E-state index contributed by atoms with van der Waals surface area (Å²) in [6.45, 7) is 1.88. The van der Waals surface area contributed by atoms with Crippen LogP contribution >= 0.6 is 0 Å². The number of nitrogens with zero attached hydrogens (tertiary/aromatic N) is 2. The van der Waals surface area contributed by atoms with Gasteiger partial charge in [-0.3, -0.25) is 4.90 Å². The molecule has 0 radical (unpaired) electrons. The molecule has 1 saturated heterocycles. The Balaban J connectivity index is 1.61. The molecule has 0 bridgehead atoms. The quantitative estimate of drug-likeness (QED) is 0.730. The molecule has 0 N–H and O–H groups in total. The Hall–Kier alpha value is -2.16. The van der Waals surface area contributed by atoms with Gasteiger partial charge in [0, 0.05) is 32.7 Å². The van der Waals surface area contributed by atoms with Gasteiger partial charge in [-0.25, -0.2) is 21.6 Å². The fourth-order valence-electron chi connectivity index (χ4n) is 2.90. The van der Waals surface area contributed by atoms with E-state index < -0.39 is 32.4 Å². The van der Waals surface area contributed by atoms with Gasteiger partial charge in [-0.1, -0.05) is 42.5 Å². The van der Waals surface area contributed by atoms with Crippen LogP contribution in [0.25, 0.3) is 6.08 Å². The molecule has 0 aromatic heterocycles. The first-order chi connectivity index (χ1) is 12.9. The number of halogens is 3. The van der Waals surface area contributed by atoms with Crippen LogP contribution in [-0.4, -0.2) is 50.3 Å². The topological polar surface area (TPSA) is 40.6 Å².